The lowest BCUT2D eigenvalue weighted by atomic mass is 10.3. The molecular weight excluding hydrogens is 176 g/mol. The number of aromatic nitrogens is 1. The summed E-state index contributed by atoms with van der Waals surface area (Å²) in [4.78, 5) is 1.93. The molecule has 0 fully saturated rings. The van der Waals surface area contributed by atoms with Gasteiger partial charge in [0.15, 0.2) is 0 Å². The van der Waals surface area contributed by atoms with Gasteiger partial charge in [-0.2, -0.15) is 5.26 Å². The molecule has 0 unspecified atom stereocenters. The topological polar surface area (TPSA) is 58.0 Å². The molecule has 0 aromatic carbocycles. The van der Waals surface area contributed by atoms with E-state index in [1.807, 2.05) is 37.4 Å². The summed E-state index contributed by atoms with van der Waals surface area (Å²) in [6, 6.07) is 4.10. The highest BCUT2D eigenvalue weighted by Gasteiger charge is 2.16. The zero-order valence-corrected chi connectivity index (χ0v) is 9.07. The first-order valence-corrected chi connectivity index (χ1v) is 4.57. The molecule has 14 heavy (non-hydrogen) atoms. The molecule has 0 aliphatic carbocycles. The molecule has 0 saturated carbocycles. The Morgan fingerprint density at radius 2 is 2.07 bits per heavy atom. The number of nitrogen functional groups attached to an aromatic ring is 1. The molecule has 4 nitrogen and oxygen atoms in total. The van der Waals surface area contributed by atoms with Crippen molar-refractivity contribution in [2.24, 2.45) is 0 Å². The smallest absolute Gasteiger partial charge is 0.132 e. The second kappa shape index (κ2) is 3.62. The molecule has 2 N–H and O–H groups in total. The van der Waals surface area contributed by atoms with Crippen LogP contribution in [0.25, 0.3) is 0 Å². The Balaban J connectivity index is 3.41. The number of hydrogen-bond acceptors (Lipinski definition) is 3. The number of rotatable bonds is 2. The molecule has 1 rings (SSSR count). The third-order valence-corrected chi connectivity index (χ3v) is 2.09. The fourth-order valence-corrected chi connectivity index (χ4v) is 1.62. The lowest BCUT2D eigenvalue weighted by molar-refractivity contribution is 0.596. The number of nitrogens with two attached hydrogens (primary N) is 1. The van der Waals surface area contributed by atoms with Crippen LogP contribution in [0.15, 0.2) is 6.07 Å². The number of nitriles is 1. The Morgan fingerprint density at radius 1 is 1.50 bits per heavy atom. The largest absolute Gasteiger partial charge is 0.396 e. The van der Waals surface area contributed by atoms with Gasteiger partial charge in [0.2, 0.25) is 0 Å². The SMILES string of the molecule is CC(C)n1c(C#N)cc(N)c1N(C)C. The molecular formula is C10H16N4. The van der Waals surface area contributed by atoms with Gasteiger partial charge in [-0.15, -0.1) is 0 Å². The van der Waals surface area contributed by atoms with Crippen LogP contribution >= 0.6 is 0 Å². The minimum Gasteiger partial charge on any atom is -0.396 e. The van der Waals surface area contributed by atoms with Crippen LogP contribution in [0.3, 0.4) is 0 Å². The minimum absolute atomic E-state index is 0.236. The first kappa shape index (κ1) is 10.5. The van der Waals surface area contributed by atoms with E-state index < -0.39 is 0 Å². The van der Waals surface area contributed by atoms with Crippen molar-refractivity contribution >= 4 is 11.5 Å². The van der Waals surface area contributed by atoms with E-state index >= 15 is 0 Å². The summed E-state index contributed by atoms with van der Waals surface area (Å²) in [6.07, 6.45) is 0. The zero-order valence-electron chi connectivity index (χ0n) is 9.07. The summed E-state index contributed by atoms with van der Waals surface area (Å²) in [5, 5.41) is 8.94. The van der Waals surface area contributed by atoms with Crippen LogP contribution < -0.4 is 10.6 Å². The van der Waals surface area contributed by atoms with Crippen molar-refractivity contribution in [1.29, 1.82) is 5.26 Å². The molecule has 0 bridgehead atoms. The maximum Gasteiger partial charge on any atom is 0.132 e. The predicted octanol–water partition coefficient (Wildman–Crippen LogP) is 1.59. The van der Waals surface area contributed by atoms with Gasteiger partial charge in [0, 0.05) is 20.1 Å². The van der Waals surface area contributed by atoms with Crippen molar-refractivity contribution in [2.75, 3.05) is 24.7 Å². The van der Waals surface area contributed by atoms with Gasteiger partial charge in [0.1, 0.15) is 17.6 Å². The van der Waals surface area contributed by atoms with Crippen molar-refractivity contribution in [3.8, 4) is 6.07 Å². The highest BCUT2D eigenvalue weighted by atomic mass is 15.2. The number of anilines is 2. The summed E-state index contributed by atoms with van der Waals surface area (Å²) in [5.74, 6) is 0.900. The van der Waals surface area contributed by atoms with Gasteiger partial charge in [-0.25, -0.2) is 0 Å². The van der Waals surface area contributed by atoms with Crippen LogP contribution in [0, 0.1) is 11.3 Å². The van der Waals surface area contributed by atoms with Gasteiger partial charge in [-0.05, 0) is 19.9 Å². The molecule has 0 saturated heterocycles. The Bertz CT molecular complexity index is 368. The Kier molecular flexibility index (Phi) is 2.70. The van der Waals surface area contributed by atoms with E-state index in [0.29, 0.717) is 11.4 Å². The first-order chi connectivity index (χ1) is 6.49. The fourth-order valence-electron chi connectivity index (χ4n) is 1.62. The molecule has 4 heteroatoms. The van der Waals surface area contributed by atoms with Gasteiger partial charge < -0.3 is 15.2 Å². The Hall–Kier alpha value is -1.63. The van der Waals surface area contributed by atoms with Crippen molar-refractivity contribution in [1.82, 2.24) is 4.57 Å². The lowest BCUT2D eigenvalue weighted by Gasteiger charge is -2.20. The average Bonchev–Trinajstić information content (AvgIpc) is 2.41. The minimum atomic E-state index is 0.236. The molecule has 76 valence electrons. The monoisotopic (exact) mass is 192 g/mol. The Morgan fingerprint density at radius 3 is 2.43 bits per heavy atom. The predicted molar refractivity (Wildman–Crippen MR) is 58.3 cm³/mol. The zero-order chi connectivity index (χ0) is 10.9. The van der Waals surface area contributed by atoms with Crippen molar-refractivity contribution in [3.63, 3.8) is 0 Å². The van der Waals surface area contributed by atoms with Crippen LogP contribution in [0.2, 0.25) is 0 Å². The van der Waals surface area contributed by atoms with Crippen molar-refractivity contribution in [3.05, 3.63) is 11.8 Å². The van der Waals surface area contributed by atoms with Gasteiger partial charge in [0.25, 0.3) is 0 Å². The van der Waals surface area contributed by atoms with Crippen LogP contribution in [0.1, 0.15) is 25.6 Å². The van der Waals surface area contributed by atoms with Gasteiger partial charge in [0.05, 0.1) is 5.69 Å². The average molecular weight is 192 g/mol. The van der Waals surface area contributed by atoms with E-state index in [4.69, 9.17) is 11.0 Å². The molecule has 0 aliphatic heterocycles. The highest BCUT2D eigenvalue weighted by Crippen LogP contribution is 2.29. The molecule has 1 heterocycles. The summed E-state index contributed by atoms with van der Waals surface area (Å²) in [7, 11) is 3.84. The molecule has 0 atom stereocenters. The molecule has 0 aliphatic rings. The molecule has 1 aromatic heterocycles. The molecule has 0 spiro atoms. The van der Waals surface area contributed by atoms with E-state index in [1.165, 1.54) is 0 Å². The normalized spacial score (nSPS) is 10.3. The highest BCUT2D eigenvalue weighted by molar-refractivity contribution is 5.67. The maximum atomic E-state index is 8.94. The van der Waals surface area contributed by atoms with Gasteiger partial charge in [-0.1, -0.05) is 0 Å². The first-order valence-electron chi connectivity index (χ1n) is 4.57. The second-order valence-corrected chi connectivity index (χ2v) is 3.78. The van der Waals surface area contributed by atoms with Crippen LogP contribution in [0.5, 0.6) is 0 Å². The number of nitrogens with zero attached hydrogens (tertiary/aromatic N) is 3. The van der Waals surface area contributed by atoms with E-state index in [1.54, 1.807) is 6.07 Å². The van der Waals surface area contributed by atoms with Crippen molar-refractivity contribution < 1.29 is 0 Å². The summed E-state index contributed by atoms with van der Waals surface area (Å²) in [6.45, 7) is 4.07. The van der Waals surface area contributed by atoms with Crippen LogP contribution in [0.4, 0.5) is 11.5 Å². The van der Waals surface area contributed by atoms with Crippen LogP contribution in [-0.2, 0) is 0 Å². The van der Waals surface area contributed by atoms with E-state index in [9.17, 15) is 0 Å². The third kappa shape index (κ3) is 1.53. The second-order valence-electron chi connectivity index (χ2n) is 3.78. The quantitative estimate of drug-likeness (QED) is 0.774. The van der Waals surface area contributed by atoms with E-state index in [2.05, 4.69) is 6.07 Å². The van der Waals surface area contributed by atoms with E-state index in [0.717, 1.165) is 5.82 Å². The van der Waals surface area contributed by atoms with E-state index in [-0.39, 0.29) is 6.04 Å². The fraction of sp³-hybridized carbons (Fsp3) is 0.500. The Labute approximate surface area is 84.5 Å². The van der Waals surface area contributed by atoms with Crippen LogP contribution in [-0.4, -0.2) is 18.7 Å². The molecule has 0 radical (unpaired) electrons. The summed E-state index contributed by atoms with van der Waals surface area (Å²) in [5.41, 5.74) is 7.11. The summed E-state index contributed by atoms with van der Waals surface area (Å²) >= 11 is 0. The van der Waals surface area contributed by atoms with Gasteiger partial charge >= 0.3 is 0 Å². The standard InChI is InChI=1S/C10H16N4/c1-7(2)14-8(6-11)5-9(12)10(14)13(3)4/h5,7H,12H2,1-4H3. The maximum absolute atomic E-state index is 8.94. The number of hydrogen-bond donors (Lipinski definition) is 1. The molecule has 1 aromatic rings. The lowest BCUT2D eigenvalue weighted by Crippen LogP contribution is -2.17. The summed E-state index contributed by atoms with van der Waals surface area (Å²) < 4.78 is 1.94. The molecule has 0 amide bonds. The van der Waals surface area contributed by atoms with Gasteiger partial charge in [-0.3, -0.25) is 0 Å². The van der Waals surface area contributed by atoms with Crippen molar-refractivity contribution in [2.45, 2.75) is 19.9 Å². The third-order valence-electron chi connectivity index (χ3n) is 2.09.